The Bertz CT molecular complexity index is 742. The van der Waals surface area contributed by atoms with E-state index >= 15 is 0 Å². The predicted octanol–water partition coefficient (Wildman–Crippen LogP) is 3.14. The van der Waals surface area contributed by atoms with Crippen molar-refractivity contribution >= 4 is 23.0 Å². The first-order chi connectivity index (χ1) is 13.5. The van der Waals surface area contributed by atoms with E-state index in [1.54, 1.807) is 4.90 Å². The van der Waals surface area contributed by atoms with Gasteiger partial charge in [0.2, 0.25) is 0 Å². The Kier molecular flexibility index (Phi) is 7.43. The summed E-state index contributed by atoms with van der Waals surface area (Å²) in [6.07, 6.45) is 0. The lowest BCUT2D eigenvalue weighted by molar-refractivity contribution is -0.940. The molecule has 3 rings (SSSR count). The third-order valence-electron chi connectivity index (χ3n) is 5.43. The molecule has 1 saturated heterocycles. The molecule has 1 aliphatic heterocycles. The largest absolute Gasteiger partial charge is 0.370 e. The van der Waals surface area contributed by atoms with Crippen molar-refractivity contribution in [3.05, 3.63) is 65.7 Å². The second-order valence-electron chi connectivity index (χ2n) is 7.82. The number of morpholine rings is 1. The molecule has 1 heterocycles. The highest BCUT2D eigenvalue weighted by atomic mass is 32.1. The van der Waals surface area contributed by atoms with Crippen LogP contribution >= 0.6 is 12.2 Å². The Balaban J connectivity index is 1.66. The second kappa shape index (κ2) is 10.0. The molecule has 0 spiro atoms. The third-order valence-corrected chi connectivity index (χ3v) is 5.65. The molecule has 1 aliphatic rings. The van der Waals surface area contributed by atoms with Gasteiger partial charge in [0.25, 0.3) is 0 Å². The molecule has 0 radical (unpaired) electrons. The van der Waals surface area contributed by atoms with Crippen LogP contribution in [0.15, 0.2) is 54.6 Å². The highest BCUT2D eigenvalue weighted by Crippen LogP contribution is 2.18. The summed E-state index contributed by atoms with van der Waals surface area (Å²) in [6, 6.07) is 19.8. The van der Waals surface area contributed by atoms with Gasteiger partial charge in [-0.15, -0.1) is 0 Å². The molecule has 0 unspecified atom stereocenters. The van der Waals surface area contributed by atoms with Gasteiger partial charge in [-0.25, -0.2) is 0 Å². The van der Waals surface area contributed by atoms with Crippen LogP contribution in [-0.4, -0.2) is 37.5 Å². The molecule has 3 N–H and O–H groups in total. The minimum atomic E-state index is 0.199. The molecule has 0 aromatic heterocycles. The fourth-order valence-electron chi connectivity index (χ4n) is 3.89. The van der Waals surface area contributed by atoms with Gasteiger partial charge in [0.15, 0.2) is 5.11 Å². The van der Waals surface area contributed by atoms with Gasteiger partial charge >= 0.3 is 0 Å². The molecule has 5 heteroatoms. The van der Waals surface area contributed by atoms with Crippen molar-refractivity contribution in [2.75, 3.05) is 31.6 Å². The Morgan fingerprint density at radius 1 is 0.929 bits per heavy atom. The van der Waals surface area contributed by atoms with Crippen LogP contribution in [-0.2, 0) is 4.74 Å². The van der Waals surface area contributed by atoms with Crippen molar-refractivity contribution in [2.24, 2.45) is 0 Å². The van der Waals surface area contributed by atoms with Gasteiger partial charge in [-0.05, 0) is 42.8 Å². The lowest BCUT2D eigenvalue weighted by Crippen LogP contribution is -3.15. The molecule has 4 nitrogen and oxygen atoms in total. The molecular formula is C23H32N3OS+. The van der Waals surface area contributed by atoms with E-state index < -0.39 is 0 Å². The number of quaternary nitrogens is 1. The monoisotopic (exact) mass is 398 g/mol. The van der Waals surface area contributed by atoms with E-state index in [0.717, 1.165) is 32.0 Å². The van der Waals surface area contributed by atoms with E-state index in [9.17, 15) is 0 Å². The van der Waals surface area contributed by atoms with Crippen LogP contribution in [0.2, 0.25) is 0 Å². The number of benzene rings is 2. The fourth-order valence-corrected chi connectivity index (χ4v) is 4.20. The van der Waals surface area contributed by atoms with Crippen molar-refractivity contribution in [2.45, 2.75) is 38.8 Å². The maximum atomic E-state index is 5.61. The van der Waals surface area contributed by atoms with Crippen LogP contribution in [0.25, 0.3) is 0 Å². The zero-order chi connectivity index (χ0) is 19.9. The average molecular weight is 399 g/mol. The molecule has 0 saturated carbocycles. The van der Waals surface area contributed by atoms with Crippen LogP contribution in [0.1, 0.15) is 43.9 Å². The van der Waals surface area contributed by atoms with Crippen molar-refractivity contribution in [1.82, 2.24) is 5.32 Å². The summed E-state index contributed by atoms with van der Waals surface area (Å²) in [4.78, 5) is 1.54. The molecule has 2 atom stereocenters. The van der Waals surface area contributed by atoms with E-state index in [0.29, 0.717) is 17.1 Å². The number of hydrogen-bond acceptors (Lipinski definition) is 2. The Morgan fingerprint density at radius 3 is 2.18 bits per heavy atom. The van der Waals surface area contributed by atoms with Gasteiger partial charge in [-0.2, -0.15) is 0 Å². The zero-order valence-electron chi connectivity index (χ0n) is 17.1. The third kappa shape index (κ3) is 5.53. The molecule has 28 heavy (non-hydrogen) atoms. The first kappa shape index (κ1) is 20.8. The summed E-state index contributed by atoms with van der Waals surface area (Å²) in [6.45, 7) is 10.3. The first-order valence-electron chi connectivity index (χ1n) is 10.2. The maximum absolute atomic E-state index is 5.61. The summed E-state index contributed by atoms with van der Waals surface area (Å²) < 4.78 is 5.57. The number of rotatable bonds is 6. The van der Waals surface area contributed by atoms with Gasteiger partial charge in [0.05, 0.1) is 19.3 Å². The molecule has 0 aliphatic carbocycles. The molecule has 150 valence electrons. The van der Waals surface area contributed by atoms with E-state index in [4.69, 9.17) is 17.0 Å². The van der Waals surface area contributed by atoms with Gasteiger partial charge in [0.1, 0.15) is 19.1 Å². The Hall–Kier alpha value is -1.95. The van der Waals surface area contributed by atoms with E-state index in [1.165, 1.54) is 11.1 Å². The minimum absolute atomic E-state index is 0.199. The lowest BCUT2D eigenvalue weighted by Gasteiger charge is -2.35. The SMILES string of the molecule is CC(C)c1ccc(NC(=S)N[C@@H](C)[C@@H](c2ccccc2)[NH+]2CCOCC2)cc1. The molecule has 0 amide bonds. The van der Waals surface area contributed by atoms with Crippen molar-refractivity contribution < 1.29 is 9.64 Å². The quantitative estimate of drug-likeness (QED) is 0.654. The van der Waals surface area contributed by atoms with Gasteiger partial charge in [0, 0.05) is 11.3 Å². The topological polar surface area (TPSA) is 37.7 Å². The van der Waals surface area contributed by atoms with E-state index in [-0.39, 0.29) is 6.04 Å². The smallest absolute Gasteiger partial charge is 0.171 e. The normalized spacial score (nSPS) is 17.1. The zero-order valence-corrected chi connectivity index (χ0v) is 17.9. The summed E-state index contributed by atoms with van der Waals surface area (Å²) in [5, 5.41) is 7.52. The molecule has 1 fully saturated rings. The average Bonchev–Trinajstić information content (AvgIpc) is 2.70. The number of anilines is 1. The summed E-state index contributed by atoms with van der Waals surface area (Å²) in [5.74, 6) is 0.530. The van der Waals surface area contributed by atoms with E-state index in [1.807, 2.05) is 0 Å². The predicted molar refractivity (Wildman–Crippen MR) is 120 cm³/mol. The molecular weight excluding hydrogens is 366 g/mol. The Labute approximate surface area is 174 Å². The molecule has 2 aromatic carbocycles. The van der Waals surface area contributed by atoms with Crippen molar-refractivity contribution in [3.8, 4) is 0 Å². The van der Waals surface area contributed by atoms with Crippen LogP contribution < -0.4 is 15.5 Å². The number of ether oxygens (including phenoxy) is 1. The van der Waals surface area contributed by atoms with Crippen LogP contribution in [0.4, 0.5) is 5.69 Å². The second-order valence-corrected chi connectivity index (χ2v) is 8.23. The van der Waals surface area contributed by atoms with Gasteiger partial charge in [-0.1, -0.05) is 56.3 Å². The van der Waals surface area contributed by atoms with Crippen LogP contribution in [0.5, 0.6) is 0 Å². The van der Waals surface area contributed by atoms with Crippen LogP contribution in [0, 0.1) is 0 Å². The standard InChI is InChI=1S/C23H31N3OS/c1-17(2)19-9-11-21(12-10-19)25-23(28)24-18(3)22(20-7-5-4-6-8-20)26-13-15-27-16-14-26/h4-12,17-18,22H,13-16H2,1-3H3,(H2,24,25,28)/p+1/t18-,22-/m0/s1. The van der Waals surface area contributed by atoms with Gasteiger partial charge in [-0.3, -0.25) is 0 Å². The summed E-state index contributed by atoms with van der Waals surface area (Å²) >= 11 is 5.61. The summed E-state index contributed by atoms with van der Waals surface area (Å²) in [5.41, 5.74) is 3.69. The van der Waals surface area contributed by atoms with Crippen molar-refractivity contribution in [1.29, 1.82) is 0 Å². The number of thiocarbonyl (C=S) groups is 1. The van der Waals surface area contributed by atoms with Crippen molar-refractivity contribution in [3.63, 3.8) is 0 Å². The first-order valence-corrected chi connectivity index (χ1v) is 10.6. The highest BCUT2D eigenvalue weighted by Gasteiger charge is 2.31. The number of nitrogens with one attached hydrogen (secondary N) is 3. The minimum Gasteiger partial charge on any atom is -0.370 e. The number of hydrogen-bond donors (Lipinski definition) is 3. The van der Waals surface area contributed by atoms with E-state index in [2.05, 4.69) is 86.0 Å². The fraction of sp³-hybridized carbons (Fsp3) is 0.435. The Morgan fingerprint density at radius 2 is 1.57 bits per heavy atom. The highest BCUT2D eigenvalue weighted by molar-refractivity contribution is 7.80. The molecule has 2 aromatic rings. The van der Waals surface area contributed by atoms with Gasteiger partial charge < -0.3 is 20.3 Å². The summed E-state index contributed by atoms with van der Waals surface area (Å²) in [7, 11) is 0. The lowest BCUT2D eigenvalue weighted by atomic mass is 9.98. The van der Waals surface area contributed by atoms with Crippen LogP contribution in [0.3, 0.4) is 0 Å². The molecule has 0 bridgehead atoms. The maximum Gasteiger partial charge on any atom is 0.171 e.